The third-order valence-electron chi connectivity index (χ3n) is 7.14. The van der Waals surface area contributed by atoms with Gasteiger partial charge in [0, 0.05) is 19.0 Å². The Hall–Kier alpha value is -3.35. The summed E-state index contributed by atoms with van der Waals surface area (Å²) in [6.45, 7) is 2.80. The van der Waals surface area contributed by atoms with Crippen LogP contribution in [-0.4, -0.2) is 53.7 Å². The van der Waals surface area contributed by atoms with Crippen LogP contribution in [0.25, 0.3) is 11.1 Å². The second-order valence-corrected chi connectivity index (χ2v) is 8.96. The zero-order valence-corrected chi connectivity index (χ0v) is 17.9. The van der Waals surface area contributed by atoms with Gasteiger partial charge in [-0.15, -0.1) is 0 Å². The largest absolute Gasteiger partial charge is 0.481 e. The number of carbonyl (C=O) groups is 3. The highest BCUT2D eigenvalue weighted by molar-refractivity contribution is 5.86. The molecule has 1 saturated heterocycles. The maximum Gasteiger partial charge on any atom is 0.407 e. The van der Waals surface area contributed by atoms with Crippen LogP contribution in [0.1, 0.15) is 30.4 Å². The monoisotopic (exact) mass is 434 g/mol. The Morgan fingerprint density at radius 3 is 2.31 bits per heavy atom. The number of carbonyl (C=O) groups excluding carboxylic acids is 2. The molecular formula is C25H26N2O5. The first-order valence-electron chi connectivity index (χ1n) is 11.1. The fraction of sp³-hybridized carbons (Fsp3) is 0.400. The van der Waals surface area contributed by atoms with Gasteiger partial charge in [0.1, 0.15) is 12.6 Å². The molecule has 2 aliphatic carbocycles. The molecule has 1 heterocycles. The molecule has 2 N–H and O–H groups in total. The molecule has 7 nitrogen and oxygen atoms in total. The van der Waals surface area contributed by atoms with Gasteiger partial charge in [0.15, 0.2) is 0 Å². The van der Waals surface area contributed by atoms with E-state index in [9.17, 15) is 19.5 Å². The quantitative estimate of drug-likeness (QED) is 0.754. The molecule has 5 rings (SSSR count). The molecule has 0 radical (unpaired) electrons. The maximum atomic E-state index is 12.8. The average molecular weight is 434 g/mol. The van der Waals surface area contributed by atoms with Gasteiger partial charge in [0.05, 0.1) is 5.92 Å². The normalized spacial score (nSPS) is 24.0. The molecule has 1 unspecified atom stereocenters. The molecule has 4 atom stereocenters. The summed E-state index contributed by atoms with van der Waals surface area (Å²) in [4.78, 5) is 38.1. The fourth-order valence-corrected chi connectivity index (χ4v) is 5.46. The number of ether oxygens (including phenoxy) is 1. The van der Waals surface area contributed by atoms with Gasteiger partial charge in [-0.2, -0.15) is 0 Å². The van der Waals surface area contributed by atoms with Crippen molar-refractivity contribution < 1.29 is 24.2 Å². The minimum atomic E-state index is -0.779. The van der Waals surface area contributed by atoms with Crippen LogP contribution in [0.15, 0.2) is 48.5 Å². The molecule has 0 spiro atoms. The van der Waals surface area contributed by atoms with Gasteiger partial charge >= 0.3 is 12.1 Å². The average Bonchev–Trinajstić information content (AvgIpc) is 3.44. The van der Waals surface area contributed by atoms with Crippen LogP contribution >= 0.6 is 0 Å². The molecule has 32 heavy (non-hydrogen) atoms. The number of hydrogen-bond donors (Lipinski definition) is 2. The first kappa shape index (κ1) is 20.5. The van der Waals surface area contributed by atoms with Crippen molar-refractivity contribution in [1.29, 1.82) is 0 Å². The standard InChI is InChI=1S/C25H26N2O5/c1-14(23(28)27-11-10-19-20(12-27)22(19)24(29)30)26-25(31)32-13-21-17-8-4-2-6-15(17)16-7-3-5-9-18(16)21/h2-9,14,19-22H,10-13H2,1H3,(H,26,31)(H,29,30)/t14-,19-,20+,22?/m1/s1. The lowest BCUT2D eigenvalue weighted by Crippen LogP contribution is -2.49. The van der Waals surface area contributed by atoms with E-state index in [1.165, 1.54) is 0 Å². The Morgan fingerprint density at radius 1 is 1.06 bits per heavy atom. The molecule has 3 aliphatic rings. The van der Waals surface area contributed by atoms with E-state index < -0.39 is 18.1 Å². The van der Waals surface area contributed by atoms with Gasteiger partial charge in [-0.05, 0) is 47.4 Å². The van der Waals surface area contributed by atoms with E-state index in [1.807, 2.05) is 24.3 Å². The second kappa shape index (κ2) is 7.97. The van der Waals surface area contributed by atoms with Gasteiger partial charge in [0.2, 0.25) is 5.91 Å². The van der Waals surface area contributed by atoms with Gasteiger partial charge in [0.25, 0.3) is 0 Å². The molecule has 2 aromatic carbocycles. The number of hydrogen-bond acceptors (Lipinski definition) is 4. The molecule has 2 fully saturated rings. The zero-order chi connectivity index (χ0) is 22.4. The number of carboxylic acid groups (broad SMARTS) is 1. The highest BCUT2D eigenvalue weighted by Gasteiger charge is 2.57. The number of alkyl carbamates (subject to hydrolysis) is 1. The number of piperidine rings is 1. The van der Waals surface area contributed by atoms with Crippen molar-refractivity contribution in [2.24, 2.45) is 17.8 Å². The Morgan fingerprint density at radius 2 is 1.69 bits per heavy atom. The highest BCUT2D eigenvalue weighted by atomic mass is 16.5. The van der Waals surface area contributed by atoms with Crippen LogP contribution in [0, 0.1) is 17.8 Å². The Balaban J connectivity index is 1.17. The van der Waals surface area contributed by atoms with Crippen molar-refractivity contribution in [3.63, 3.8) is 0 Å². The second-order valence-electron chi connectivity index (χ2n) is 8.96. The molecule has 1 aliphatic heterocycles. The molecule has 7 heteroatoms. The van der Waals surface area contributed by atoms with E-state index in [4.69, 9.17) is 4.74 Å². The summed E-state index contributed by atoms with van der Waals surface area (Å²) in [5.74, 6) is -1.14. The Bertz CT molecular complexity index is 1040. The topological polar surface area (TPSA) is 95.9 Å². The van der Waals surface area contributed by atoms with Crippen LogP contribution in [0.3, 0.4) is 0 Å². The third kappa shape index (κ3) is 3.51. The number of nitrogens with zero attached hydrogens (tertiary/aromatic N) is 1. The molecule has 166 valence electrons. The first-order chi connectivity index (χ1) is 15.5. The maximum absolute atomic E-state index is 12.8. The molecule has 0 aromatic heterocycles. The Labute approximate surface area is 186 Å². The van der Waals surface area contributed by atoms with Crippen molar-refractivity contribution in [2.45, 2.75) is 25.3 Å². The fourth-order valence-electron chi connectivity index (χ4n) is 5.46. The summed E-state index contributed by atoms with van der Waals surface area (Å²) in [6, 6.07) is 15.5. The summed E-state index contributed by atoms with van der Waals surface area (Å²) >= 11 is 0. The van der Waals surface area contributed by atoms with Crippen molar-refractivity contribution in [3.8, 4) is 11.1 Å². The van der Waals surface area contributed by atoms with E-state index in [1.54, 1.807) is 11.8 Å². The third-order valence-corrected chi connectivity index (χ3v) is 7.14. The smallest absolute Gasteiger partial charge is 0.407 e. The SMILES string of the molecule is C[C@@H](NC(=O)OCC1c2ccccc2-c2ccccc21)C(=O)N1CC[C@H]2C(C(=O)O)[C@H]2C1. The predicted octanol–water partition coefficient (Wildman–Crippen LogP) is 3.09. The molecular weight excluding hydrogens is 408 g/mol. The van der Waals surface area contributed by atoms with Crippen LogP contribution < -0.4 is 5.32 Å². The summed E-state index contributed by atoms with van der Waals surface area (Å²) in [5.41, 5.74) is 4.57. The van der Waals surface area contributed by atoms with Gasteiger partial charge in [-0.25, -0.2) is 4.79 Å². The minimum absolute atomic E-state index is 0.0341. The van der Waals surface area contributed by atoms with E-state index in [0.29, 0.717) is 19.5 Å². The molecule has 2 aromatic rings. The number of carboxylic acids is 1. The van der Waals surface area contributed by atoms with Crippen molar-refractivity contribution in [2.75, 3.05) is 19.7 Å². The van der Waals surface area contributed by atoms with E-state index in [-0.39, 0.29) is 36.2 Å². The van der Waals surface area contributed by atoms with Crippen molar-refractivity contribution >= 4 is 18.0 Å². The lowest BCUT2D eigenvalue weighted by atomic mass is 9.98. The number of nitrogens with one attached hydrogen (secondary N) is 1. The predicted molar refractivity (Wildman–Crippen MR) is 117 cm³/mol. The number of aliphatic carboxylic acids is 1. The summed E-state index contributed by atoms with van der Waals surface area (Å²) in [5, 5.41) is 11.9. The van der Waals surface area contributed by atoms with Crippen LogP contribution in [-0.2, 0) is 14.3 Å². The van der Waals surface area contributed by atoms with E-state index in [0.717, 1.165) is 22.3 Å². The zero-order valence-electron chi connectivity index (χ0n) is 17.9. The summed E-state index contributed by atoms with van der Waals surface area (Å²) < 4.78 is 5.53. The van der Waals surface area contributed by atoms with Gasteiger partial charge in [-0.1, -0.05) is 48.5 Å². The first-order valence-corrected chi connectivity index (χ1v) is 11.1. The van der Waals surface area contributed by atoms with Gasteiger partial charge in [-0.3, -0.25) is 9.59 Å². The van der Waals surface area contributed by atoms with E-state index >= 15 is 0 Å². The van der Waals surface area contributed by atoms with Gasteiger partial charge < -0.3 is 20.1 Å². The summed E-state index contributed by atoms with van der Waals surface area (Å²) in [7, 11) is 0. The van der Waals surface area contributed by atoms with E-state index in [2.05, 4.69) is 29.6 Å². The number of rotatable bonds is 5. The van der Waals surface area contributed by atoms with Crippen LogP contribution in [0.4, 0.5) is 4.79 Å². The molecule has 0 bridgehead atoms. The van der Waals surface area contributed by atoms with Crippen molar-refractivity contribution in [1.82, 2.24) is 10.2 Å². The highest BCUT2D eigenvalue weighted by Crippen LogP contribution is 2.51. The minimum Gasteiger partial charge on any atom is -0.481 e. The summed E-state index contributed by atoms with van der Waals surface area (Å²) in [6.07, 6.45) is 0.0721. The number of benzene rings is 2. The number of amides is 2. The number of likely N-dealkylation sites (tertiary alicyclic amines) is 1. The number of fused-ring (bicyclic) bond motifs is 4. The van der Waals surface area contributed by atoms with Crippen LogP contribution in [0.5, 0.6) is 0 Å². The Kier molecular flexibility index (Phi) is 5.12. The molecule has 2 amide bonds. The molecule has 1 saturated carbocycles. The van der Waals surface area contributed by atoms with Crippen molar-refractivity contribution in [3.05, 3.63) is 59.7 Å². The lowest BCUT2D eigenvalue weighted by molar-refractivity contribution is -0.139. The van der Waals surface area contributed by atoms with Crippen LogP contribution in [0.2, 0.25) is 0 Å². The lowest BCUT2D eigenvalue weighted by Gasteiger charge is -2.29.